The summed E-state index contributed by atoms with van der Waals surface area (Å²) in [5.74, 6) is 0. The maximum atomic E-state index is 12.0. The van der Waals surface area contributed by atoms with Crippen LogP contribution < -0.4 is 5.32 Å². The van der Waals surface area contributed by atoms with E-state index in [0.717, 1.165) is 10.2 Å². The zero-order chi connectivity index (χ0) is 13.7. The van der Waals surface area contributed by atoms with Crippen LogP contribution in [0.5, 0.6) is 0 Å². The van der Waals surface area contributed by atoms with E-state index in [1.807, 2.05) is 24.3 Å². The lowest BCUT2D eigenvalue weighted by Gasteiger charge is -2.19. The third-order valence-corrected chi connectivity index (χ3v) is 3.47. The molecule has 0 unspecified atom stereocenters. The van der Waals surface area contributed by atoms with Gasteiger partial charge in [-0.2, -0.15) is 0 Å². The van der Waals surface area contributed by atoms with Gasteiger partial charge in [-0.1, -0.05) is 29.5 Å². The molecule has 2 aromatic rings. The molecule has 2 amide bonds. The molecule has 100 valence electrons. The zero-order valence-electron chi connectivity index (χ0n) is 10.4. The predicted octanol–water partition coefficient (Wildman–Crippen LogP) is 2.31. The molecule has 0 aliphatic rings. The topological polar surface area (TPSA) is 65.5 Å². The van der Waals surface area contributed by atoms with Gasteiger partial charge in [0.1, 0.15) is 0 Å². The molecule has 5 nitrogen and oxygen atoms in total. The summed E-state index contributed by atoms with van der Waals surface area (Å²) in [6.45, 7) is 4.16. The number of hydrogen-bond acceptors (Lipinski definition) is 4. The third kappa shape index (κ3) is 3.30. The van der Waals surface area contributed by atoms with Crippen molar-refractivity contribution in [2.75, 3.05) is 25.0 Å². The van der Waals surface area contributed by atoms with Gasteiger partial charge in [0.15, 0.2) is 5.13 Å². The fourth-order valence-electron chi connectivity index (χ4n) is 1.65. The number of anilines is 1. The Labute approximate surface area is 115 Å². The number of aromatic nitrogens is 1. The van der Waals surface area contributed by atoms with Crippen molar-refractivity contribution >= 4 is 32.7 Å². The van der Waals surface area contributed by atoms with Gasteiger partial charge in [0, 0.05) is 13.1 Å². The molecule has 0 bridgehead atoms. The first-order valence-corrected chi connectivity index (χ1v) is 6.69. The van der Waals surface area contributed by atoms with Crippen LogP contribution in [-0.2, 0) is 0 Å². The minimum absolute atomic E-state index is 0.0822. The van der Waals surface area contributed by atoms with Crippen LogP contribution in [0.4, 0.5) is 9.93 Å². The van der Waals surface area contributed by atoms with E-state index in [0.29, 0.717) is 11.7 Å². The second-order valence-corrected chi connectivity index (χ2v) is 4.91. The highest BCUT2D eigenvalue weighted by molar-refractivity contribution is 7.22. The fraction of sp³-hybridized carbons (Fsp3) is 0.231. The molecule has 0 saturated heterocycles. The van der Waals surface area contributed by atoms with Gasteiger partial charge in [0.05, 0.1) is 16.8 Å². The standard InChI is InChI=1S/C13H15N3O2S/c1-2-7-16(8-9-17)13(18)15-12-14-10-5-3-4-6-11(10)19-12/h2-6,17H,1,7-9H2,(H,14,15,18). The molecule has 19 heavy (non-hydrogen) atoms. The second-order valence-electron chi connectivity index (χ2n) is 3.88. The van der Waals surface area contributed by atoms with Crippen molar-refractivity contribution in [3.63, 3.8) is 0 Å². The van der Waals surface area contributed by atoms with Crippen molar-refractivity contribution in [1.82, 2.24) is 9.88 Å². The molecule has 0 fully saturated rings. The normalized spacial score (nSPS) is 10.4. The van der Waals surface area contributed by atoms with Crippen molar-refractivity contribution in [2.45, 2.75) is 0 Å². The number of fused-ring (bicyclic) bond motifs is 1. The Bertz CT molecular complexity index is 549. The molecule has 0 saturated carbocycles. The summed E-state index contributed by atoms with van der Waals surface area (Å²) in [7, 11) is 0. The van der Waals surface area contributed by atoms with E-state index in [1.165, 1.54) is 16.2 Å². The first kappa shape index (κ1) is 13.5. The monoisotopic (exact) mass is 277 g/mol. The van der Waals surface area contributed by atoms with Crippen LogP contribution >= 0.6 is 11.3 Å². The number of hydrogen-bond donors (Lipinski definition) is 2. The van der Waals surface area contributed by atoms with E-state index in [1.54, 1.807) is 6.08 Å². The van der Waals surface area contributed by atoms with Crippen LogP contribution in [0.3, 0.4) is 0 Å². The van der Waals surface area contributed by atoms with Crippen molar-refractivity contribution in [3.05, 3.63) is 36.9 Å². The molecular weight excluding hydrogens is 262 g/mol. The molecule has 2 N–H and O–H groups in total. The molecule has 1 heterocycles. The Morgan fingerprint density at radius 2 is 2.32 bits per heavy atom. The third-order valence-electron chi connectivity index (χ3n) is 2.51. The summed E-state index contributed by atoms with van der Waals surface area (Å²) in [4.78, 5) is 17.8. The lowest BCUT2D eigenvalue weighted by atomic mass is 10.3. The van der Waals surface area contributed by atoms with E-state index in [-0.39, 0.29) is 19.2 Å². The number of para-hydroxylation sites is 1. The Balaban J connectivity index is 2.10. The van der Waals surface area contributed by atoms with Crippen molar-refractivity contribution < 1.29 is 9.90 Å². The molecule has 6 heteroatoms. The van der Waals surface area contributed by atoms with Gasteiger partial charge < -0.3 is 10.0 Å². The van der Waals surface area contributed by atoms with Crippen LogP contribution in [0.25, 0.3) is 10.2 Å². The quantitative estimate of drug-likeness (QED) is 0.824. The summed E-state index contributed by atoms with van der Waals surface area (Å²) < 4.78 is 1.02. The number of nitrogens with one attached hydrogen (secondary N) is 1. The van der Waals surface area contributed by atoms with Crippen LogP contribution in [0, 0.1) is 0 Å². The number of aliphatic hydroxyl groups excluding tert-OH is 1. The number of thiazole rings is 1. The van der Waals surface area contributed by atoms with Gasteiger partial charge in [-0.15, -0.1) is 6.58 Å². The van der Waals surface area contributed by atoms with E-state index in [4.69, 9.17) is 5.11 Å². The van der Waals surface area contributed by atoms with Crippen LogP contribution in [-0.4, -0.2) is 40.7 Å². The SMILES string of the molecule is C=CCN(CCO)C(=O)Nc1nc2ccccc2s1. The Kier molecular flexibility index (Phi) is 4.48. The first-order valence-electron chi connectivity index (χ1n) is 5.88. The minimum atomic E-state index is -0.284. The molecule has 1 aromatic heterocycles. The maximum Gasteiger partial charge on any atom is 0.324 e. The number of rotatable bonds is 5. The minimum Gasteiger partial charge on any atom is -0.395 e. The predicted molar refractivity (Wildman–Crippen MR) is 77.5 cm³/mol. The number of carbonyl (C=O) groups is 1. The summed E-state index contributed by atoms with van der Waals surface area (Å²) in [6.07, 6.45) is 1.62. The Hall–Kier alpha value is -1.92. The Morgan fingerprint density at radius 1 is 1.53 bits per heavy atom. The van der Waals surface area contributed by atoms with Crippen LogP contribution in [0.2, 0.25) is 0 Å². The lowest BCUT2D eigenvalue weighted by molar-refractivity contribution is 0.195. The van der Waals surface area contributed by atoms with Crippen molar-refractivity contribution in [1.29, 1.82) is 0 Å². The van der Waals surface area contributed by atoms with E-state index in [2.05, 4.69) is 16.9 Å². The summed E-state index contributed by atoms with van der Waals surface area (Å²) >= 11 is 1.42. The molecule has 0 atom stereocenters. The molecule has 0 radical (unpaired) electrons. The summed E-state index contributed by atoms with van der Waals surface area (Å²) in [5.41, 5.74) is 0.861. The molecular formula is C13H15N3O2S. The van der Waals surface area contributed by atoms with E-state index >= 15 is 0 Å². The average molecular weight is 277 g/mol. The number of aliphatic hydroxyl groups is 1. The van der Waals surface area contributed by atoms with Gasteiger partial charge in [-0.3, -0.25) is 5.32 Å². The number of amides is 2. The van der Waals surface area contributed by atoms with Crippen LogP contribution in [0.1, 0.15) is 0 Å². The van der Waals surface area contributed by atoms with Gasteiger partial charge in [0.25, 0.3) is 0 Å². The molecule has 1 aromatic carbocycles. The molecule has 2 rings (SSSR count). The summed E-state index contributed by atoms with van der Waals surface area (Å²) in [6, 6.07) is 7.41. The summed E-state index contributed by atoms with van der Waals surface area (Å²) in [5, 5.41) is 12.2. The fourth-order valence-corrected chi connectivity index (χ4v) is 2.50. The highest BCUT2D eigenvalue weighted by atomic mass is 32.1. The number of carbonyl (C=O) groups excluding carboxylic acids is 1. The number of urea groups is 1. The Morgan fingerprint density at radius 3 is 3.00 bits per heavy atom. The van der Waals surface area contributed by atoms with Gasteiger partial charge in [-0.25, -0.2) is 9.78 Å². The van der Waals surface area contributed by atoms with Gasteiger partial charge in [-0.05, 0) is 12.1 Å². The lowest BCUT2D eigenvalue weighted by Crippen LogP contribution is -2.37. The van der Waals surface area contributed by atoms with Gasteiger partial charge in [0.2, 0.25) is 0 Å². The van der Waals surface area contributed by atoms with Crippen molar-refractivity contribution in [2.24, 2.45) is 0 Å². The second kappa shape index (κ2) is 6.31. The van der Waals surface area contributed by atoms with Gasteiger partial charge >= 0.3 is 6.03 Å². The smallest absolute Gasteiger partial charge is 0.324 e. The van der Waals surface area contributed by atoms with E-state index < -0.39 is 0 Å². The number of nitrogens with zero attached hydrogens (tertiary/aromatic N) is 2. The van der Waals surface area contributed by atoms with Crippen molar-refractivity contribution in [3.8, 4) is 0 Å². The average Bonchev–Trinajstić information content (AvgIpc) is 2.80. The number of benzene rings is 1. The molecule has 0 aliphatic carbocycles. The highest BCUT2D eigenvalue weighted by Crippen LogP contribution is 2.25. The highest BCUT2D eigenvalue weighted by Gasteiger charge is 2.13. The molecule has 0 spiro atoms. The van der Waals surface area contributed by atoms with Crippen LogP contribution in [0.15, 0.2) is 36.9 Å². The zero-order valence-corrected chi connectivity index (χ0v) is 11.2. The maximum absolute atomic E-state index is 12.0. The first-order chi connectivity index (χ1) is 9.24. The molecule has 0 aliphatic heterocycles. The largest absolute Gasteiger partial charge is 0.395 e. The van der Waals surface area contributed by atoms with E-state index in [9.17, 15) is 4.79 Å².